The summed E-state index contributed by atoms with van der Waals surface area (Å²) in [5.41, 5.74) is 1.09. The van der Waals surface area contributed by atoms with Crippen LogP contribution >= 0.6 is 0 Å². The lowest BCUT2D eigenvalue weighted by Gasteiger charge is -2.28. The van der Waals surface area contributed by atoms with Gasteiger partial charge in [-0.05, 0) is 38.5 Å². The fourth-order valence-electron chi connectivity index (χ4n) is 3.41. The van der Waals surface area contributed by atoms with E-state index < -0.39 is 0 Å². The Labute approximate surface area is 129 Å². The number of ether oxygens (including phenoxy) is 1. The third-order valence-electron chi connectivity index (χ3n) is 4.69. The molecule has 1 aliphatic rings. The lowest BCUT2D eigenvalue weighted by atomic mass is 9.81. The fourth-order valence-corrected chi connectivity index (χ4v) is 3.41. The third-order valence-corrected chi connectivity index (χ3v) is 4.69. The third kappa shape index (κ3) is 4.73. The van der Waals surface area contributed by atoms with E-state index in [0.717, 1.165) is 30.0 Å². The van der Waals surface area contributed by atoms with Crippen LogP contribution in [0.5, 0.6) is 0 Å². The Hall–Kier alpha value is -1.03. The molecule has 0 radical (unpaired) electrons. The number of rotatable bonds is 7. The van der Waals surface area contributed by atoms with Crippen molar-refractivity contribution in [3.63, 3.8) is 0 Å². The molecule has 1 saturated carbocycles. The van der Waals surface area contributed by atoms with Crippen LogP contribution in [0, 0.1) is 18.8 Å². The van der Waals surface area contributed by atoms with Gasteiger partial charge in [0.25, 0.3) is 0 Å². The number of nitrogens with one attached hydrogen (secondary N) is 1. The molecule has 0 bridgehead atoms. The van der Waals surface area contributed by atoms with Crippen LogP contribution in [0.4, 0.5) is 5.95 Å². The first-order valence-electron chi connectivity index (χ1n) is 8.41. The maximum absolute atomic E-state index is 5.20. The van der Waals surface area contributed by atoms with Crippen molar-refractivity contribution < 1.29 is 4.74 Å². The molecule has 0 aromatic carbocycles. The summed E-state index contributed by atoms with van der Waals surface area (Å²) in [5.74, 6) is 2.76. The molecule has 1 aliphatic carbocycles. The molecule has 1 fully saturated rings. The number of hydrogen-bond acceptors (Lipinski definition) is 3. The van der Waals surface area contributed by atoms with Crippen LogP contribution in [-0.2, 0) is 11.3 Å². The van der Waals surface area contributed by atoms with Gasteiger partial charge in [0.15, 0.2) is 0 Å². The lowest BCUT2D eigenvalue weighted by Crippen LogP contribution is -2.25. The van der Waals surface area contributed by atoms with Gasteiger partial charge in [-0.2, -0.15) is 0 Å². The van der Waals surface area contributed by atoms with Crippen LogP contribution < -0.4 is 5.32 Å². The molecule has 1 atom stereocenters. The van der Waals surface area contributed by atoms with Crippen LogP contribution in [0.25, 0.3) is 0 Å². The van der Waals surface area contributed by atoms with E-state index in [2.05, 4.69) is 41.8 Å². The van der Waals surface area contributed by atoms with Gasteiger partial charge in [-0.15, -0.1) is 0 Å². The maximum atomic E-state index is 5.20. The summed E-state index contributed by atoms with van der Waals surface area (Å²) in [4.78, 5) is 4.63. The Kier molecular flexibility index (Phi) is 6.09. The number of imidazole rings is 1. The summed E-state index contributed by atoms with van der Waals surface area (Å²) in [5, 5.41) is 3.47. The predicted octanol–water partition coefficient (Wildman–Crippen LogP) is 3.85. The quantitative estimate of drug-likeness (QED) is 0.830. The van der Waals surface area contributed by atoms with Gasteiger partial charge in [0, 0.05) is 25.9 Å². The molecule has 1 unspecified atom stereocenters. The summed E-state index contributed by atoms with van der Waals surface area (Å²) < 4.78 is 7.50. The minimum Gasteiger partial charge on any atom is -0.383 e. The van der Waals surface area contributed by atoms with Crippen molar-refractivity contribution in [1.82, 2.24) is 9.55 Å². The van der Waals surface area contributed by atoms with Crippen LogP contribution in [0.3, 0.4) is 0 Å². The molecule has 4 nitrogen and oxygen atoms in total. The summed E-state index contributed by atoms with van der Waals surface area (Å²) in [6.07, 6.45) is 9.05. The standard InChI is InChI=1S/C17H31N3O/c1-5-15-6-8-16(9-7-15)11-20-10-13(2)18-17(20)19-14(3)12-21-4/h10,14-16H,5-9,11-12H2,1-4H3,(H,18,19). The summed E-state index contributed by atoms with van der Waals surface area (Å²) in [7, 11) is 1.74. The molecule has 1 aromatic heterocycles. The highest BCUT2D eigenvalue weighted by Crippen LogP contribution is 2.32. The minimum absolute atomic E-state index is 0.284. The molecule has 0 saturated heterocycles. The van der Waals surface area contributed by atoms with Crippen LogP contribution in [0.1, 0.15) is 51.6 Å². The molecule has 2 rings (SSSR count). The zero-order chi connectivity index (χ0) is 15.2. The normalized spacial score (nSPS) is 24.0. The fraction of sp³-hybridized carbons (Fsp3) is 0.824. The van der Waals surface area contributed by atoms with Crippen LogP contribution in [-0.4, -0.2) is 29.3 Å². The monoisotopic (exact) mass is 293 g/mol. The lowest BCUT2D eigenvalue weighted by molar-refractivity contribution is 0.190. The second kappa shape index (κ2) is 7.83. The van der Waals surface area contributed by atoms with Crippen LogP contribution in [0.2, 0.25) is 0 Å². The molecular weight excluding hydrogens is 262 g/mol. The van der Waals surface area contributed by atoms with Crippen LogP contribution in [0.15, 0.2) is 6.20 Å². The molecule has 0 aliphatic heterocycles. The molecule has 0 spiro atoms. The predicted molar refractivity (Wildman–Crippen MR) is 87.7 cm³/mol. The average molecular weight is 293 g/mol. The van der Waals surface area contributed by atoms with E-state index in [-0.39, 0.29) is 6.04 Å². The first kappa shape index (κ1) is 16.3. The van der Waals surface area contributed by atoms with E-state index >= 15 is 0 Å². The molecule has 4 heteroatoms. The maximum Gasteiger partial charge on any atom is 0.203 e. The van der Waals surface area contributed by atoms with Gasteiger partial charge in [0.2, 0.25) is 5.95 Å². The minimum atomic E-state index is 0.284. The first-order chi connectivity index (χ1) is 10.1. The molecule has 1 aromatic rings. The summed E-state index contributed by atoms with van der Waals surface area (Å²) in [6, 6.07) is 0.284. The Morgan fingerprint density at radius 2 is 2.00 bits per heavy atom. The number of hydrogen-bond donors (Lipinski definition) is 1. The van der Waals surface area contributed by atoms with Crippen molar-refractivity contribution in [2.24, 2.45) is 11.8 Å². The van der Waals surface area contributed by atoms with Crippen molar-refractivity contribution in [2.45, 2.75) is 65.5 Å². The zero-order valence-electron chi connectivity index (χ0n) is 14.1. The molecular formula is C17H31N3O. The summed E-state index contributed by atoms with van der Waals surface area (Å²) in [6.45, 7) is 8.32. The first-order valence-corrected chi connectivity index (χ1v) is 8.41. The highest BCUT2D eigenvalue weighted by Gasteiger charge is 2.21. The van der Waals surface area contributed by atoms with Crippen molar-refractivity contribution in [1.29, 1.82) is 0 Å². The Balaban J connectivity index is 1.93. The van der Waals surface area contributed by atoms with Gasteiger partial charge in [0.05, 0.1) is 12.3 Å². The van der Waals surface area contributed by atoms with E-state index in [1.54, 1.807) is 7.11 Å². The van der Waals surface area contributed by atoms with Gasteiger partial charge in [-0.3, -0.25) is 0 Å². The average Bonchev–Trinajstić information content (AvgIpc) is 2.79. The highest BCUT2D eigenvalue weighted by atomic mass is 16.5. The second-order valence-electron chi connectivity index (χ2n) is 6.65. The van der Waals surface area contributed by atoms with Gasteiger partial charge >= 0.3 is 0 Å². The van der Waals surface area contributed by atoms with E-state index in [1.807, 2.05) is 0 Å². The van der Waals surface area contributed by atoms with Gasteiger partial charge < -0.3 is 14.6 Å². The number of nitrogens with zero attached hydrogens (tertiary/aromatic N) is 2. The number of aryl methyl sites for hydroxylation is 1. The highest BCUT2D eigenvalue weighted by molar-refractivity contribution is 5.30. The van der Waals surface area contributed by atoms with E-state index in [9.17, 15) is 0 Å². The Morgan fingerprint density at radius 1 is 1.33 bits per heavy atom. The van der Waals surface area contributed by atoms with Crippen molar-refractivity contribution in [3.05, 3.63) is 11.9 Å². The molecule has 120 valence electrons. The SMILES string of the molecule is CCC1CCC(Cn2cc(C)nc2NC(C)COC)CC1. The Morgan fingerprint density at radius 3 is 2.62 bits per heavy atom. The number of anilines is 1. The van der Waals surface area contributed by atoms with Crippen molar-refractivity contribution in [3.8, 4) is 0 Å². The number of methoxy groups -OCH3 is 1. The summed E-state index contributed by atoms with van der Waals surface area (Å²) >= 11 is 0. The van der Waals surface area contributed by atoms with E-state index in [4.69, 9.17) is 4.74 Å². The topological polar surface area (TPSA) is 39.1 Å². The van der Waals surface area contributed by atoms with Gasteiger partial charge in [-0.1, -0.05) is 26.2 Å². The van der Waals surface area contributed by atoms with Crippen molar-refractivity contribution in [2.75, 3.05) is 19.0 Å². The second-order valence-corrected chi connectivity index (χ2v) is 6.65. The molecule has 0 amide bonds. The molecule has 21 heavy (non-hydrogen) atoms. The van der Waals surface area contributed by atoms with Gasteiger partial charge in [0.1, 0.15) is 0 Å². The number of aromatic nitrogens is 2. The van der Waals surface area contributed by atoms with Gasteiger partial charge in [-0.25, -0.2) is 4.98 Å². The van der Waals surface area contributed by atoms with Crippen molar-refractivity contribution >= 4 is 5.95 Å². The Bertz CT molecular complexity index is 422. The largest absolute Gasteiger partial charge is 0.383 e. The molecule has 1 heterocycles. The van der Waals surface area contributed by atoms with E-state index in [0.29, 0.717) is 6.61 Å². The van der Waals surface area contributed by atoms with E-state index in [1.165, 1.54) is 32.1 Å². The molecule has 1 N–H and O–H groups in total. The smallest absolute Gasteiger partial charge is 0.203 e. The zero-order valence-corrected chi connectivity index (χ0v) is 14.1.